The third-order valence-corrected chi connectivity index (χ3v) is 5.62. The molecule has 1 atom stereocenters. The monoisotopic (exact) mass is 451 g/mol. The first-order valence-electron chi connectivity index (χ1n) is 10.1. The number of carbonyl (C=O) groups is 1. The van der Waals surface area contributed by atoms with E-state index in [0.717, 1.165) is 6.92 Å². The number of nitrogens with zero attached hydrogens (tertiary/aromatic N) is 7. The van der Waals surface area contributed by atoms with Gasteiger partial charge in [0.05, 0.1) is 10.9 Å². The van der Waals surface area contributed by atoms with Crippen molar-refractivity contribution in [3.05, 3.63) is 48.2 Å². The van der Waals surface area contributed by atoms with Gasteiger partial charge in [0, 0.05) is 31.6 Å². The molecule has 12 heteroatoms. The van der Waals surface area contributed by atoms with E-state index in [-0.39, 0.29) is 35.7 Å². The Kier molecular flexibility index (Phi) is 4.55. The number of hydrogen-bond acceptors (Lipinski definition) is 8. The van der Waals surface area contributed by atoms with Gasteiger partial charge >= 0.3 is 0 Å². The van der Waals surface area contributed by atoms with Crippen molar-refractivity contribution in [1.29, 1.82) is 0 Å². The Balaban J connectivity index is 1.63. The maximum absolute atomic E-state index is 13.4. The molecular weight excluding hydrogens is 432 g/mol. The molecular formula is C21H19F2N9O. The second kappa shape index (κ2) is 7.22. The lowest BCUT2D eigenvalue weighted by molar-refractivity contribution is -0.119. The van der Waals surface area contributed by atoms with Crippen molar-refractivity contribution in [2.24, 2.45) is 0 Å². The molecule has 0 saturated heterocycles. The molecule has 1 aliphatic heterocycles. The fraction of sp³-hybridized carbons (Fsp3) is 0.286. The van der Waals surface area contributed by atoms with Gasteiger partial charge in [-0.1, -0.05) is 0 Å². The Bertz CT molecular complexity index is 1380. The first-order chi connectivity index (χ1) is 15.7. The normalized spacial score (nSPS) is 17.9. The van der Waals surface area contributed by atoms with Gasteiger partial charge in [0.25, 0.3) is 0 Å². The summed E-state index contributed by atoms with van der Waals surface area (Å²) >= 11 is 0. The van der Waals surface area contributed by atoms with Crippen LogP contribution in [0.2, 0.25) is 0 Å². The van der Waals surface area contributed by atoms with E-state index >= 15 is 0 Å². The number of nitrogens with two attached hydrogens (primary N) is 1. The zero-order valence-corrected chi connectivity index (χ0v) is 17.8. The summed E-state index contributed by atoms with van der Waals surface area (Å²) in [5.41, 5.74) is 6.15. The van der Waals surface area contributed by atoms with Crippen molar-refractivity contribution in [3.63, 3.8) is 0 Å². The first kappa shape index (κ1) is 20.8. The zero-order chi connectivity index (χ0) is 23.4. The molecule has 0 radical (unpaired) electrons. The van der Waals surface area contributed by atoms with Crippen molar-refractivity contribution in [2.75, 3.05) is 11.1 Å². The van der Waals surface area contributed by atoms with E-state index < -0.39 is 17.8 Å². The average molecular weight is 451 g/mol. The highest BCUT2D eigenvalue weighted by Gasteiger charge is 2.49. The zero-order valence-electron chi connectivity index (χ0n) is 17.8. The number of rotatable bonds is 5. The SMILES string of the molecule is CC(F)(F)CCn1nc(-c2nc(N)c3c(n2)NC(=O)C3(C)c2ncccn2)c2cccnc21. The number of aromatic nitrogens is 7. The molecule has 1 aliphatic rings. The smallest absolute Gasteiger partial charge is 0.247 e. The Morgan fingerprint density at radius 2 is 1.88 bits per heavy atom. The summed E-state index contributed by atoms with van der Waals surface area (Å²) in [6.45, 7) is 2.47. The van der Waals surface area contributed by atoms with Crippen LogP contribution in [0.5, 0.6) is 0 Å². The van der Waals surface area contributed by atoms with Crippen LogP contribution in [0.1, 0.15) is 31.7 Å². The number of anilines is 2. The van der Waals surface area contributed by atoms with Crippen LogP contribution >= 0.6 is 0 Å². The minimum Gasteiger partial charge on any atom is -0.383 e. The quantitative estimate of drug-likeness (QED) is 0.472. The predicted octanol–water partition coefficient (Wildman–Crippen LogP) is 2.56. The molecule has 0 spiro atoms. The summed E-state index contributed by atoms with van der Waals surface area (Å²) in [5, 5.41) is 7.76. The summed E-state index contributed by atoms with van der Waals surface area (Å²) in [7, 11) is 0. The number of pyridine rings is 1. The highest BCUT2D eigenvalue weighted by Crippen LogP contribution is 2.43. The van der Waals surface area contributed by atoms with Crippen LogP contribution in [0.15, 0.2) is 36.8 Å². The summed E-state index contributed by atoms with van der Waals surface area (Å²) in [6.07, 6.45) is 4.22. The summed E-state index contributed by atoms with van der Waals surface area (Å²) < 4.78 is 28.3. The highest BCUT2D eigenvalue weighted by atomic mass is 19.3. The molecule has 0 bridgehead atoms. The molecule has 1 unspecified atom stereocenters. The van der Waals surface area contributed by atoms with Crippen LogP contribution in [0.3, 0.4) is 0 Å². The molecule has 168 valence electrons. The van der Waals surface area contributed by atoms with Crippen LogP contribution in [0.4, 0.5) is 20.4 Å². The van der Waals surface area contributed by atoms with Crippen molar-refractivity contribution < 1.29 is 13.6 Å². The number of nitrogens with one attached hydrogen (secondary N) is 1. The van der Waals surface area contributed by atoms with Crippen LogP contribution in [0.25, 0.3) is 22.6 Å². The second-order valence-corrected chi connectivity index (χ2v) is 8.07. The van der Waals surface area contributed by atoms with E-state index in [2.05, 4.69) is 35.3 Å². The summed E-state index contributed by atoms with van der Waals surface area (Å²) in [4.78, 5) is 34.6. The fourth-order valence-corrected chi connectivity index (χ4v) is 3.92. The lowest BCUT2D eigenvalue weighted by Crippen LogP contribution is -2.34. The molecule has 33 heavy (non-hydrogen) atoms. The van der Waals surface area contributed by atoms with Gasteiger partial charge in [0.1, 0.15) is 28.6 Å². The van der Waals surface area contributed by atoms with Gasteiger partial charge < -0.3 is 11.1 Å². The molecule has 0 fully saturated rings. The van der Waals surface area contributed by atoms with Crippen LogP contribution in [-0.2, 0) is 16.8 Å². The Morgan fingerprint density at radius 1 is 1.15 bits per heavy atom. The van der Waals surface area contributed by atoms with Gasteiger partial charge in [0.2, 0.25) is 11.8 Å². The van der Waals surface area contributed by atoms with Crippen molar-refractivity contribution >= 4 is 28.6 Å². The minimum absolute atomic E-state index is 0.0441. The largest absolute Gasteiger partial charge is 0.383 e. The molecule has 4 aromatic heterocycles. The summed E-state index contributed by atoms with van der Waals surface area (Å²) in [6, 6.07) is 5.10. The van der Waals surface area contributed by atoms with E-state index in [0.29, 0.717) is 22.3 Å². The highest BCUT2D eigenvalue weighted by molar-refractivity contribution is 6.08. The number of alkyl halides is 2. The predicted molar refractivity (Wildman–Crippen MR) is 115 cm³/mol. The van der Waals surface area contributed by atoms with Gasteiger partial charge in [-0.3, -0.25) is 4.79 Å². The molecule has 5 heterocycles. The molecule has 0 aliphatic carbocycles. The standard InChI is InChI=1S/C21H19F2N9O/c1-20(22,23)6-10-32-17-11(5-3-7-25-17)13(31-32)16-28-14(24)12-15(29-16)30-19(33)21(12,2)18-26-8-4-9-27-18/h3-5,7-9H,6,10H2,1-2H3,(H3,24,28,29,30,33). The molecule has 4 aromatic rings. The van der Waals surface area contributed by atoms with E-state index in [9.17, 15) is 13.6 Å². The number of halogens is 2. The number of carbonyl (C=O) groups excluding carboxylic acids is 1. The number of hydrogen-bond donors (Lipinski definition) is 2. The van der Waals surface area contributed by atoms with E-state index in [1.54, 1.807) is 31.3 Å². The number of aryl methyl sites for hydroxylation is 1. The van der Waals surface area contributed by atoms with Gasteiger partial charge in [-0.25, -0.2) is 38.4 Å². The maximum atomic E-state index is 13.4. The Labute approximate surface area is 186 Å². The number of fused-ring (bicyclic) bond motifs is 2. The third-order valence-electron chi connectivity index (χ3n) is 5.62. The maximum Gasteiger partial charge on any atom is 0.247 e. The van der Waals surface area contributed by atoms with Crippen molar-refractivity contribution in [3.8, 4) is 11.5 Å². The van der Waals surface area contributed by atoms with Crippen LogP contribution < -0.4 is 11.1 Å². The number of amides is 1. The van der Waals surface area contributed by atoms with E-state index in [1.165, 1.54) is 17.1 Å². The van der Waals surface area contributed by atoms with E-state index in [1.807, 2.05) is 0 Å². The fourth-order valence-electron chi connectivity index (χ4n) is 3.92. The Hall–Kier alpha value is -4.09. The van der Waals surface area contributed by atoms with Crippen molar-refractivity contribution in [2.45, 2.75) is 38.2 Å². The lowest BCUT2D eigenvalue weighted by Gasteiger charge is -2.20. The van der Waals surface area contributed by atoms with Gasteiger partial charge in [-0.15, -0.1) is 0 Å². The van der Waals surface area contributed by atoms with Crippen LogP contribution in [0, 0.1) is 0 Å². The average Bonchev–Trinajstić information content (AvgIpc) is 3.28. The minimum atomic E-state index is -2.85. The van der Waals surface area contributed by atoms with Crippen LogP contribution in [-0.4, -0.2) is 46.5 Å². The second-order valence-electron chi connectivity index (χ2n) is 8.07. The third kappa shape index (κ3) is 3.34. The van der Waals surface area contributed by atoms with E-state index in [4.69, 9.17) is 5.73 Å². The van der Waals surface area contributed by atoms with Gasteiger partial charge in [-0.2, -0.15) is 5.10 Å². The molecule has 5 rings (SSSR count). The molecule has 10 nitrogen and oxygen atoms in total. The van der Waals surface area contributed by atoms with Gasteiger partial charge in [-0.05, 0) is 32.0 Å². The van der Waals surface area contributed by atoms with Crippen molar-refractivity contribution in [1.82, 2.24) is 34.7 Å². The summed E-state index contributed by atoms with van der Waals surface area (Å²) in [5.74, 6) is -2.53. The topological polar surface area (TPSA) is 137 Å². The van der Waals surface area contributed by atoms with Gasteiger partial charge in [0.15, 0.2) is 11.5 Å². The molecule has 1 amide bonds. The lowest BCUT2D eigenvalue weighted by atomic mass is 9.83. The number of nitrogen functional groups attached to an aromatic ring is 1. The first-order valence-corrected chi connectivity index (χ1v) is 10.1. The molecule has 0 aromatic carbocycles. The molecule has 0 saturated carbocycles. The molecule has 3 N–H and O–H groups in total. The Morgan fingerprint density at radius 3 is 2.61 bits per heavy atom.